The lowest BCUT2D eigenvalue weighted by molar-refractivity contribution is 0.275. The molecular formula is C12H16Cl2N2O3S. The molecule has 0 unspecified atom stereocenters. The quantitative estimate of drug-likeness (QED) is 0.611. The minimum atomic E-state index is -3.61. The molecule has 0 atom stereocenters. The molecule has 1 aliphatic rings. The summed E-state index contributed by atoms with van der Waals surface area (Å²) in [5.41, 5.74) is 0. The average molecular weight is 339 g/mol. The first-order chi connectivity index (χ1) is 9.46. The van der Waals surface area contributed by atoms with Gasteiger partial charge in [0, 0.05) is 25.4 Å². The average Bonchev–Trinajstić information content (AvgIpc) is 3.22. The van der Waals surface area contributed by atoms with E-state index in [1.807, 2.05) is 0 Å². The van der Waals surface area contributed by atoms with E-state index in [9.17, 15) is 8.42 Å². The second kappa shape index (κ2) is 6.58. The molecule has 1 aliphatic carbocycles. The topological polar surface area (TPSA) is 70.5 Å². The number of halogens is 2. The molecule has 0 aliphatic heterocycles. The number of sulfonamides is 1. The van der Waals surface area contributed by atoms with Crippen LogP contribution in [0.3, 0.4) is 0 Å². The van der Waals surface area contributed by atoms with E-state index in [1.165, 1.54) is 16.6 Å². The van der Waals surface area contributed by atoms with Crippen LogP contribution in [-0.4, -0.2) is 42.0 Å². The number of nitrogens with zero attached hydrogens (tertiary/aromatic N) is 2. The summed E-state index contributed by atoms with van der Waals surface area (Å²) in [5.74, 6) is 0. The molecule has 2 rings (SSSR count). The third-order valence-corrected chi connectivity index (χ3v) is 5.72. The van der Waals surface area contributed by atoms with Gasteiger partial charge >= 0.3 is 0 Å². The summed E-state index contributed by atoms with van der Waals surface area (Å²) in [6.07, 6.45) is 4.17. The zero-order chi connectivity index (χ0) is 14.8. The molecule has 0 bridgehead atoms. The predicted molar refractivity (Wildman–Crippen MR) is 77.5 cm³/mol. The maximum atomic E-state index is 12.6. The molecule has 1 heterocycles. The van der Waals surface area contributed by atoms with Crippen LogP contribution in [0.5, 0.6) is 0 Å². The first-order valence-electron chi connectivity index (χ1n) is 6.40. The van der Waals surface area contributed by atoms with Crippen molar-refractivity contribution in [3.8, 4) is 0 Å². The van der Waals surface area contributed by atoms with Crippen molar-refractivity contribution in [1.29, 1.82) is 0 Å². The second-order valence-electron chi connectivity index (χ2n) is 4.72. The lowest BCUT2D eigenvalue weighted by Crippen LogP contribution is -2.34. The van der Waals surface area contributed by atoms with Crippen LogP contribution in [0, 0.1) is 0 Å². The van der Waals surface area contributed by atoms with E-state index in [-0.39, 0.29) is 27.7 Å². The molecule has 112 valence electrons. The molecule has 0 aromatic carbocycles. The molecule has 0 saturated heterocycles. The molecule has 20 heavy (non-hydrogen) atoms. The van der Waals surface area contributed by atoms with Gasteiger partial charge in [-0.1, -0.05) is 23.2 Å². The number of pyridine rings is 1. The van der Waals surface area contributed by atoms with E-state index in [2.05, 4.69) is 4.98 Å². The molecule has 1 fully saturated rings. The molecule has 1 aromatic rings. The van der Waals surface area contributed by atoms with E-state index in [4.69, 9.17) is 28.3 Å². The van der Waals surface area contributed by atoms with Crippen molar-refractivity contribution >= 4 is 33.2 Å². The summed E-state index contributed by atoms with van der Waals surface area (Å²) in [6, 6.07) is 1.38. The molecule has 1 saturated carbocycles. The van der Waals surface area contributed by atoms with Crippen LogP contribution >= 0.6 is 23.2 Å². The monoisotopic (exact) mass is 338 g/mol. The SMILES string of the molecule is O=S(=O)(c1cnc(Cl)c(Cl)c1)N(CCCCO)C1CC1. The zero-order valence-electron chi connectivity index (χ0n) is 10.8. The Morgan fingerprint density at radius 2 is 2.05 bits per heavy atom. The molecule has 0 spiro atoms. The Labute approximate surface area is 128 Å². The van der Waals surface area contributed by atoms with Gasteiger partial charge in [0.2, 0.25) is 10.0 Å². The summed E-state index contributed by atoms with van der Waals surface area (Å²) in [7, 11) is -3.61. The highest BCUT2D eigenvalue weighted by Crippen LogP contribution is 2.33. The highest BCUT2D eigenvalue weighted by Gasteiger charge is 2.37. The Morgan fingerprint density at radius 1 is 1.35 bits per heavy atom. The fourth-order valence-electron chi connectivity index (χ4n) is 1.92. The largest absolute Gasteiger partial charge is 0.396 e. The molecule has 8 heteroatoms. The van der Waals surface area contributed by atoms with E-state index in [0.717, 1.165) is 12.8 Å². The first kappa shape index (κ1) is 16.0. The van der Waals surface area contributed by atoms with Crippen molar-refractivity contribution < 1.29 is 13.5 Å². The van der Waals surface area contributed by atoms with Crippen molar-refractivity contribution in [1.82, 2.24) is 9.29 Å². The molecule has 1 N–H and O–H groups in total. The number of unbranched alkanes of at least 4 members (excludes halogenated alkanes) is 1. The molecular weight excluding hydrogens is 323 g/mol. The highest BCUT2D eigenvalue weighted by atomic mass is 35.5. The zero-order valence-corrected chi connectivity index (χ0v) is 13.1. The fourth-order valence-corrected chi connectivity index (χ4v) is 3.95. The van der Waals surface area contributed by atoms with Gasteiger partial charge in [-0.15, -0.1) is 0 Å². The summed E-state index contributed by atoms with van der Waals surface area (Å²) in [4.78, 5) is 3.85. The van der Waals surface area contributed by atoms with Crippen LogP contribution in [-0.2, 0) is 10.0 Å². The third kappa shape index (κ3) is 3.62. The van der Waals surface area contributed by atoms with Gasteiger partial charge in [0.05, 0.1) is 5.02 Å². The Morgan fingerprint density at radius 3 is 2.60 bits per heavy atom. The maximum absolute atomic E-state index is 12.6. The molecule has 0 amide bonds. The highest BCUT2D eigenvalue weighted by molar-refractivity contribution is 7.89. The minimum Gasteiger partial charge on any atom is -0.396 e. The van der Waals surface area contributed by atoms with Crippen LogP contribution in [0.4, 0.5) is 0 Å². The Bertz CT molecular complexity index is 576. The van der Waals surface area contributed by atoms with E-state index >= 15 is 0 Å². The van der Waals surface area contributed by atoms with Gasteiger partial charge in [-0.2, -0.15) is 4.31 Å². The number of rotatable bonds is 7. The van der Waals surface area contributed by atoms with Crippen LogP contribution in [0.25, 0.3) is 0 Å². The number of aromatic nitrogens is 1. The summed E-state index contributed by atoms with van der Waals surface area (Å²) < 4.78 is 26.7. The number of hydrogen-bond acceptors (Lipinski definition) is 4. The Kier molecular flexibility index (Phi) is 5.25. The van der Waals surface area contributed by atoms with Gasteiger partial charge in [0.1, 0.15) is 10.0 Å². The van der Waals surface area contributed by atoms with Gasteiger partial charge in [-0.05, 0) is 31.7 Å². The summed E-state index contributed by atoms with van der Waals surface area (Å²) in [5, 5.41) is 9.02. The maximum Gasteiger partial charge on any atom is 0.244 e. The standard InChI is InChI=1S/C12H16Cl2N2O3S/c13-11-7-10(8-15-12(11)14)20(18,19)16(9-3-4-9)5-1-2-6-17/h7-9,17H,1-6H2. The van der Waals surface area contributed by atoms with E-state index in [1.54, 1.807) is 0 Å². The summed E-state index contributed by atoms with van der Waals surface area (Å²) >= 11 is 11.5. The van der Waals surface area contributed by atoms with Crippen molar-refractivity contribution in [2.45, 2.75) is 36.6 Å². The number of hydrogen-bond donors (Lipinski definition) is 1. The van der Waals surface area contributed by atoms with Gasteiger partial charge in [0.15, 0.2) is 0 Å². The molecule has 1 aromatic heterocycles. The first-order valence-corrected chi connectivity index (χ1v) is 8.60. The third-order valence-electron chi connectivity index (χ3n) is 3.12. The van der Waals surface area contributed by atoms with Gasteiger partial charge in [0.25, 0.3) is 0 Å². The Balaban J connectivity index is 2.23. The van der Waals surface area contributed by atoms with Gasteiger partial charge in [-0.3, -0.25) is 0 Å². The van der Waals surface area contributed by atoms with E-state index in [0.29, 0.717) is 19.4 Å². The van der Waals surface area contributed by atoms with E-state index < -0.39 is 10.0 Å². The molecule has 5 nitrogen and oxygen atoms in total. The normalized spacial score (nSPS) is 15.8. The lowest BCUT2D eigenvalue weighted by Gasteiger charge is -2.21. The van der Waals surface area contributed by atoms with Crippen molar-refractivity contribution in [2.75, 3.05) is 13.2 Å². The minimum absolute atomic E-state index is 0.0492. The van der Waals surface area contributed by atoms with Crippen molar-refractivity contribution in [3.63, 3.8) is 0 Å². The number of aliphatic hydroxyl groups excluding tert-OH is 1. The van der Waals surface area contributed by atoms with Gasteiger partial charge in [-0.25, -0.2) is 13.4 Å². The summed E-state index contributed by atoms with van der Waals surface area (Å²) in [6.45, 7) is 0.459. The number of aliphatic hydroxyl groups is 1. The lowest BCUT2D eigenvalue weighted by atomic mass is 10.3. The Hall–Kier alpha value is -0.400. The van der Waals surface area contributed by atoms with Crippen LogP contribution in [0.2, 0.25) is 10.2 Å². The van der Waals surface area contributed by atoms with Crippen molar-refractivity contribution in [3.05, 3.63) is 22.4 Å². The van der Waals surface area contributed by atoms with Crippen molar-refractivity contribution in [2.24, 2.45) is 0 Å². The second-order valence-corrected chi connectivity index (χ2v) is 7.38. The molecule has 0 radical (unpaired) electrons. The smallest absolute Gasteiger partial charge is 0.244 e. The van der Waals surface area contributed by atoms with Crippen LogP contribution < -0.4 is 0 Å². The predicted octanol–water partition coefficient (Wildman–Crippen LogP) is 2.31. The van der Waals surface area contributed by atoms with Crippen LogP contribution in [0.15, 0.2) is 17.2 Å². The van der Waals surface area contributed by atoms with Crippen LogP contribution in [0.1, 0.15) is 25.7 Å². The van der Waals surface area contributed by atoms with Gasteiger partial charge < -0.3 is 5.11 Å². The fraction of sp³-hybridized carbons (Fsp3) is 0.583.